The third-order valence-electron chi connectivity index (χ3n) is 4.88. The highest BCUT2D eigenvalue weighted by Gasteiger charge is 2.41. The number of nitrogens with zero attached hydrogens (tertiary/aromatic N) is 1. The number of likely N-dealkylation sites (tertiary alicyclic amines) is 1. The van der Waals surface area contributed by atoms with Crippen molar-refractivity contribution in [3.05, 3.63) is 35.4 Å². The van der Waals surface area contributed by atoms with Crippen LogP contribution in [0.2, 0.25) is 0 Å². The van der Waals surface area contributed by atoms with E-state index in [-0.39, 0.29) is 11.4 Å². The lowest BCUT2D eigenvalue weighted by molar-refractivity contribution is -0.135. The number of amides is 1. The molecule has 0 atom stereocenters. The molecule has 0 radical (unpaired) electrons. The number of carbonyl (C=O) groups excluding carboxylic acids is 1. The first-order valence-corrected chi connectivity index (χ1v) is 7.63. The van der Waals surface area contributed by atoms with Crippen molar-refractivity contribution in [2.45, 2.75) is 50.5 Å². The second-order valence-electron chi connectivity index (χ2n) is 6.86. The number of carbonyl (C=O) groups is 1. The lowest BCUT2D eigenvalue weighted by Gasteiger charge is -2.30. The van der Waals surface area contributed by atoms with Crippen LogP contribution >= 0.6 is 0 Å². The molecule has 1 aromatic carbocycles. The van der Waals surface area contributed by atoms with Gasteiger partial charge < -0.3 is 10.6 Å². The van der Waals surface area contributed by atoms with Crippen molar-refractivity contribution in [3.63, 3.8) is 0 Å². The van der Waals surface area contributed by atoms with Crippen LogP contribution < -0.4 is 5.73 Å². The minimum Gasteiger partial charge on any atom is -0.342 e. The number of rotatable bonds is 3. The van der Waals surface area contributed by atoms with Gasteiger partial charge in [-0.1, -0.05) is 24.3 Å². The third-order valence-corrected chi connectivity index (χ3v) is 4.88. The minimum atomic E-state index is -0.467. The summed E-state index contributed by atoms with van der Waals surface area (Å²) < 4.78 is 0. The molecule has 108 valence electrons. The molecular formula is C17H24N2O. The summed E-state index contributed by atoms with van der Waals surface area (Å²) in [5.74, 6) is 0.244. The van der Waals surface area contributed by atoms with Gasteiger partial charge in [0, 0.05) is 18.6 Å². The summed E-state index contributed by atoms with van der Waals surface area (Å²) in [6, 6.07) is 8.33. The molecule has 1 aromatic rings. The first-order valence-electron chi connectivity index (χ1n) is 7.63. The molecule has 1 saturated heterocycles. The Kier molecular flexibility index (Phi) is 3.13. The van der Waals surface area contributed by atoms with E-state index in [0.29, 0.717) is 0 Å². The Morgan fingerprint density at radius 2 is 1.90 bits per heavy atom. The van der Waals surface area contributed by atoms with Gasteiger partial charge in [0.1, 0.15) is 0 Å². The lowest BCUT2D eigenvalue weighted by atomic mass is 9.81. The summed E-state index contributed by atoms with van der Waals surface area (Å²) in [6.07, 6.45) is 4.37. The minimum absolute atomic E-state index is 0.136. The van der Waals surface area contributed by atoms with Gasteiger partial charge in [0.05, 0.1) is 5.41 Å². The van der Waals surface area contributed by atoms with Gasteiger partial charge in [0.2, 0.25) is 5.91 Å². The van der Waals surface area contributed by atoms with E-state index >= 15 is 0 Å². The van der Waals surface area contributed by atoms with Gasteiger partial charge in [0.25, 0.3) is 0 Å². The molecule has 2 N–H and O–H groups in total. The molecule has 2 fully saturated rings. The number of hydrogen-bond donors (Lipinski definition) is 1. The predicted octanol–water partition coefficient (Wildman–Crippen LogP) is 2.53. The summed E-state index contributed by atoms with van der Waals surface area (Å²) in [6.45, 7) is 5.87. The molecule has 20 heavy (non-hydrogen) atoms. The molecular weight excluding hydrogens is 248 g/mol. The van der Waals surface area contributed by atoms with Crippen molar-refractivity contribution in [2.75, 3.05) is 13.1 Å². The monoisotopic (exact) mass is 272 g/mol. The van der Waals surface area contributed by atoms with Crippen molar-refractivity contribution in [1.82, 2.24) is 4.90 Å². The molecule has 1 amide bonds. The maximum absolute atomic E-state index is 12.7. The Bertz CT molecular complexity index is 526. The normalized spacial score (nSPS) is 21.1. The van der Waals surface area contributed by atoms with Gasteiger partial charge >= 0.3 is 0 Å². The molecule has 2 aliphatic rings. The molecule has 0 unspecified atom stereocenters. The van der Waals surface area contributed by atoms with Crippen molar-refractivity contribution in [1.29, 1.82) is 0 Å². The van der Waals surface area contributed by atoms with Crippen LogP contribution in [-0.4, -0.2) is 23.9 Å². The Labute approximate surface area is 121 Å². The summed E-state index contributed by atoms with van der Waals surface area (Å²) in [4.78, 5) is 14.7. The Hall–Kier alpha value is -1.35. The topological polar surface area (TPSA) is 46.3 Å². The summed E-state index contributed by atoms with van der Waals surface area (Å²) in [7, 11) is 0. The zero-order valence-corrected chi connectivity index (χ0v) is 12.5. The lowest BCUT2D eigenvalue weighted by Crippen LogP contribution is -2.42. The Balaban J connectivity index is 1.88. The molecule has 1 saturated carbocycles. The van der Waals surface area contributed by atoms with Crippen LogP contribution in [0.15, 0.2) is 24.3 Å². The quantitative estimate of drug-likeness (QED) is 0.919. The first kappa shape index (κ1) is 13.6. The van der Waals surface area contributed by atoms with E-state index in [1.165, 1.54) is 5.56 Å². The maximum atomic E-state index is 12.7. The van der Waals surface area contributed by atoms with Crippen molar-refractivity contribution in [2.24, 2.45) is 5.73 Å². The Morgan fingerprint density at radius 3 is 2.50 bits per heavy atom. The SMILES string of the molecule is CC(C)(C(=O)N1CCCC1)c1cccc(C2(N)CC2)c1. The van der Waals surface area contributed by atoms with Crippen LogP contribution in [0.3, 0.4) is 0 Å². The number of nitrogens with two attached hydrogens (primary N) is 1. The zero-order chi connectivity index (χ0) is 14.4. The molecule has 3 heteroatoms. The molecule has 1 heterocycles. The van der Waals surface area contributed by atoms with E-state index in [9.17, 15) is 4.79 Å². The Morgan fingerprint density at radius 1 is 1.25 bits per heavy atom. The molecule has 3 nitrogen and oxygen atoms in total. The van der Waals surface area contributed by atoms with E-state index in [4.69, 9.17) is 5.73 Å². The van der Waals surface area contributed by atoms with Crippen molar-refractivity contribution in [3.8, 4) is 0 Å². The predicted molar refractivity (Wildman–Crippen MR) is 80.4 cm³/mol. The van der Waals surface area contributed by atoms with Crippen LogP contribution in [0, 0.1) is 0 Å². The smallest absolute Gasteiger partial charge is 0.232 e. The highest BCUT2D eigenvalue weighted by atomic mass is 16.2. The van der Waals surface area contributed by atoms with Crippen molar-refractivity contribution < 1.29 is 4.79 Å². The van der Waals surface area contributed by atoms with Gasteiger partial charge in [-0.25, -0.2) is 0 Å². The van der Waals surface area contributed by atoms with E-state index in [1.54, 1.807) is 0 Å². The second kappa shape index (κ2) is 4.59. The van der Waals surface area contributed by atoms with Crippen LogP contribution in [0.25, 0.3) is 0 Å². The highest BCUT2D eigenvalue weighted by Crippen LogP contribution is 2.43. The summed E-state index contributed by atoms with van der Waals surface area (Å²) in [5.41, 5.74) is 7.94. The fourth-order valence-corrected chi connectivity index (χ4v) is 3.08. The van der Waals surface area contributed by atoms with Crippen LogP contribution in [0.4, 0.5) is 0 Å². The van der Waals surface area contributed by atoms with E-state index in [1.807, 2.05) is 24.8 Å². The molecule has 3 rings (SSSR count). The maximum Gasteiger partial charge on any atom is 0.232 e. The van der Waals surface area contributed by atoms with Gasteiger partial charge in [-0.15, -0.1) is 0 Å². The standard InChI is InChI=1S/C17H24N2O/c1-16(2,15(20)19-10-3-4-11-19)13-6-5-7-14(12-13)17(18)8-9-17/h5-7,12H,3-4,8-11,18H2,1-2H3. The largest absolute Gasteiger partial charge is 0.342 e. The molecule has 0 bridgehead atoms. The molecule has 0 aromatic heterocycles. The van der Waals surface area contributed by atoms with Crippen LogP contribution in [0.1, 0.15) is 50.7 Å². The summed E-state index contributed by atoms with van der Waals surface area (Å²) >= 11 is 0. The fourth-order valence-electron chi connectivity index (χ4n) is 3.08. The zero-order valence-electron chi connectivity index (χ0n) is 12.5. The second-order valence-corrected chi connectivity index (χ2v) is 6.86. The van der Waals surface area contributed by atoms with Crippen LogP contribution in [-0.2, 0) is 15.7 Å². The number of benzene rings is 1. The van der Waals surface area contributed by atoms with Crippen molar-refractivity contribution >= 4 is 5.91 Å². The van der Waals surface area contributed by atoms with E-state index in [2.05, 4.69) is 18.2 Å². The third kappa shape index (κ3) is 2.24. The average Bonchev–Trinajstić information content (AvgIpc) is 2.99. The highest BCUT2D eigenvalue weighted by molar-refractivity contribution is 5.87. The average molecular weight is 272 g/mol. The molecule has 0 spiro atoms. The van der Waals surface area contributed by atoms with Crippen LogP contribution in [0.5, 0.6) is 0 Å². The van der Waals surface area contributed by atoms with E-state index < -0.39 is 5.41 Å². The fraction of sp³-hybridized carbons (Fsp3) is 0.588. The van der Waals surface area contributed by atoms with E-state index in [0.717, 1.165) is 44.3 Å². The van der Waals surface area contributed by atoms with Gasteiger partial charge in [-0.3, -0.25) is 4.79 Å². The first-order chi connectivity index (χ1) is 9.43. The molecule has 1 aliphatic carbocycles. The van der Waals surface area contributed by atoms with Gasteiger partial charge in [-0.2, -0.15) is 0 Å². The molecule has 1 aliphatic heterocycles. The van der Waals surface area contributed by atoms with Gasteiger partial charge in [0.15, 0.2) is 0 Å². The summed E-state index contributed by atoms with van der Waals surface area (Å²) in [5, 5.41) is 0. The number of hydrogen-bond acceptors (Lipinski definition) is 2. The van der Waals surface area contributed by atoms with Gasteiger partial charge in [-0.05, 0) is 50.7 Å².